The molecule has 7 heteroatoms. The molecule has 7 nitrogen and oxygen atoms in total. The summed E-state index contributed by atoms with van der Waals surface area (Å²) in [6.07, 6.45) is 2.86. The minimum atomic E-state index is -0.595. The van der Waals surface area contributed by atoms with E-state index in [0.717, 1.165) is 48.4 Å². The number of ether oxygens (including phenoxy) is 3. The average Bonchev–Trinajstić information content (AvgIpc) is 3.23. The highest BCUT2D eigenvalue weighted by molar-refractivity contribution is 5.79. The normalized spacial score (nSPS) is 25.1. The molecule has 1 aliphatic heterocycles. The summed E-state index contributed by atoms with van der Waals surface area (Å²) < 4.78 is 18.1. The van der Waals surface area contributed by atoms with Gasteiger partial charge in [-0.05, 0) is 56.7 Å². The van der Waals surface area contributed by atoms with Gasteiger partial charge in [0.1, 0.15) is 11.5 Å². The monoisotopic (exact) mass is 496 g/mol. The van der Waals surface area contributed by atoms with Crippen molar-refractivity contribution in [2.75, 3.05) is 33.4 Å². The molecule has 3 N–H and O–H groups in total. The maximum Gasteiger partial charge on any atom is 0.225 e. The summed E-state index contributed by atoms with van der Waals surface area (Å²) in [5, 5.41) is 10.1. The lowest BCUT2D eigenvalue weighted by Gasteiger charge is -2.38. The van der Waals surface area contributed by atoms with Gasteiger partial charge in [0.2, 0.25) is 5.91 Å². The van der Waals surface area contributed by atoms with E-state index in [2.05, 4.69) is 6.07 Å². The highest BCUT2D eigenvalue weighted by Gasteiger charge is 2.39. The zero-order valence-corrected chi connectivity index (χ0v) is 21.5. The first-order valence-electron chi connectivity index (χ1n) is 13.1. The van der Waals surface area contributed by atoms with Crippen molar-refractivity contribution in [3.8, 4) is 11.5 Å². The van der Waals surface area contributed by atoms with Crippen LogP contribution in [-0.4, -0.2) is 61.5 Å². The number of rotatable bonds is 10. The molecular weight excluding hydrogens is 456 g/mol. The Hall–Kier alpha value is -2.45. The lowest BCUT2D eigenvalue weighted by molar-refractivity contribution is -0.139. The molecule has 1 heterocycles. The average molecular weight is 497 g/mol. The Morgan fingerprint density at radius 3 is 2.58 bits per heavy atom. The fourth-order valence-corrected chi connectivity index (χ4v) is 5.46. The number of aliphatic hydroxyl groups excluding tert-OH is 1. The summed E-state index contributed by atoms with van der Waals surface area (Å²) in [6, 6.07) is 15.7. The predicted octanol–water partition coefficient (Wildman–Crippen LogP) is 4.22. The Kier molecular flexibility index (Phi) is 9.37. The van der Waals surface area contributed by atoms with Gasteiger partial charge in [-0.3, -0.25) is 4.79 Å². The number of piperidine rings is 1. The van der Waals surface area contributed by atoms with Crippen LogP contribution in [0.4, 0.5) is 0 Å². The molecule has 4 rings (SSSR count). The van der Waals surface area contributed by atoms with Crippen LogP contribution in [0.25, 0.3) is 0 Å². The summed E-state index contributed by atoms with van der Waals surface area (Å²) in [5.74, 6) is 1.63. The van der Waals surface area contributed by atoms with Crippen molar-refractivity contribution >= 4 is 5.91 Å². The molecule has 5 atom stereocenters. The van der Waals surface area contributed by atoms with Gasteiger partial charge < -0.3 is 30.0 Å². The molecule has 1 aliphatic carbocycles. The van der Waals surface area contributed by atoms with Crippen LogP contribution in [0.5, 0.6) is 11.5 Å². The number of nitrogens with zero attached hydrogens (tertiary/aromatic N) is 1. The lowest BCUT2D eigenvalue weighted by atomic mass is 9.87. The highest BCUT2D eigenvalue weighted by Crippen LogP contribution is 2.40. The van der Waals surface area contributed by atoms with Gasteiger partial charge in [0.05, 0.1) is 12.2 Å². The molecule has 2 aromatic carbocycles. The van der Waals surface area contributed by atoms with Gasteiger partial charge >= 0.3 is 0 Å². The summed E-state index contributed by atoms with van der Waals surface area (Å²) in [6.45, 7) is 4.58. The van der Waals surface area contributed by atoms with Gasteiger partial charge in [-0.2, -0.15) is 0 Å². The number of amides is 1. The van der Waals surface area contributed by atoms with E-state index in [4.69, 9.17) is 19.9 Å². The lowest BCUT2D eigenvalue weighted by Crippen LogP contribution is -2.44. The van der Waals surface area contributed by atoms with E-state index < -0.39 is 6.10 Å². The largest absolute Gasteiger partial charge is 0.457 e. The van der Waals surface area contributed by atoms with Crippen LogP contribution in [0.3, 0.4) is 0 Å². The summed E-state index contributed by atoms with van der Waals surface area (Å²) in [7, 11) is 1.69. The Morgan fingerprint density at radius 1 is 1.11 bits per heavy atom. The smallest absolute Gasteiger partial charge is 0.225 e. The Labute approximate surface area is 214 Å². The van der Waals surface area contributed by atoms with Crippen LogP contribution in [-0.2, 0) is 14.3 Å². The topological polar surface area (TPSA) is 94.2 Å². The van der Waals surface area contributed by atoms with Crippen LogP contribution < -0.4 is 10.5 Å². The molecule has 2 aromatic rings. The van der Waals surface area contributed by atoms with E-state index in [1.165, 1.54) is 0 Å². The van der Waals surface area contributed by atoms with E-state index >= 15 is 0 Å². The van der Waals surface area contributed by atoms with Gasteiger partial charge in [0.25, 0.3) is 0 Å². The second-order valence-electron chi connectivity index (χ2n) is 10.1. The third-order valence-electron chi connectivity index (χ3n) is 7.45. The highest BCUT2D eigenvalue weighted by atomic mass is 16.5. The number of hydrogen-bond acceptors (Lipinski definition) is 6. The predicted molar refractivity (Wildman–Crippen MR) is 139 cm³/mol. The molecule has 0 aromatic heterocycles. The molecule has 2 fully saturated rings. The second kappa shape index (κ2) is 12.7. The van der Waals surface area contributed by atoms with Crippen LogP contribution >= 0.6 is 0 Å². The minimum absolute atomic E-state index is 0.106. The molecule has 2 aliphatic rings. The first-order chi connectivity index (χ1) is 17.5. The number of likely N-dealkylation sites (tertiary alicyclic amines) is 1. The van der Waals surface area contributed by atoms with Crippen molar-refractivity contribution in [1.82, 2.24) is 4.90 Å². The zero-order chi connectivity index (χ0) is 25.5. The van der Waals surface area contributed by atoms with E-state index in [9.17, 15) is 9.90 Å². The van der Waals surface area contributed by atoms with Crippen LogP contribution in [0.1, 0.15) is 49.3 Å². The molecule has 1 amide bonds. The molecule has 0 radical (unpaired) electrons. The van der Waals surface area contributed by atoms with E-state index in [0.29, 0.717) is 32.6 Å². The molecular formula is C29H40N2O5. The molecule has 0 spiro atoms. The van der Waals surface area contributed by atoms with Gasteiger partial charge in [-0.15, -0.1) is 0 Å². The number of hydrogen-bond donors (Lipinski definition) is 2. The third kappa shape index (κ3) is 6.45. The molecule has 196 valence electrons. The minimum Gasteiger partial charge on any atom is -0.457 e. The number of aryl methyl sites for hydroxylation is 1. The van der Waals surface area contributed by atoms with Crippen molar-refractivity contribution in [1.29, 1.82) is 0 Å². The molecule has 5 unspecified atom stereocenters. The third-order valence-corrected chi connectivity index (χ3v) is 7.45. The first-order valence-corrected chi connectivity index (χ1v) is 13.1. The number of benzene rings is 2. The number of aliphatic hydroxyl groups is 1. The first kappa shape index (κ1) is 26.6. The van der Waals surface area contributed by atoms with Crippen LogP contribution in [0, 0.1) is 18.8 Å². The summed E-state index contributed by atoms with van der Waals surface area (Å²) in [4.78, 5) is 15.3. The maximum absolute atomic E-state index is 13.3. The standard InChI is InChI=1S/C29H40N2O5/c1-20-9-3-5-12-26(20)36-27-13-6-4-11-23(27)28(35-16-8-15-34-2)21-10-7-14-31(19-21)29(33)22-17-24(30)25(32)18-22/h3-6,9,11-13,21-22,24-25,28,32H,7-8,10,14-19,30H2,1-2H3. The summed E-state index contributed by atoms with van der Waals surface area (Å²) >= 11 is 0. The van der Waals surface area contributed by atoms with Crippen molar-refractivity contribution < 1.29 is 24.1 Å². The molecule has 1 saturated heterocycles. The van der Waals surface area contributed by atoms with Gasteiger partial charge in [-0.1, -0.05) is 36.4 Å². The number of nitrogens with two attached hydrogens (primary N) is 1. The van der Waals surface area contributed by atoms with Crippen molar-refractivity contribution in [3.05, 3.63) is 59.7 Å². The van der Waals surface area contributed by atoms with E-state index in [1.807, 2.05) is 54.3 Å². The fourth-order valence-electron chi connectivity index (χ4n) is 5.46. The van der Waals surface area contributed by atoms with Crippen molar-refractivity contribution in [3.63, 3.8) is 0 Å². The number of carbonyl (C=O) groups is 1. The fraction of sp³-hybridized carbons (Fsp3) is 0.552. The van der Waals surface area contributed by atoms with E-state index in [-0.39, 0.29) is 29.9 Å². The number of carbonyl (C=O) groups excluding carboxylic acids is 1. The second-order valence-corrected chi connectivity index (χ2v) is 10.1. The SMILES string of the molecule is COCCCOC(c1ccccc1Oc1ccccc1C)C1CCCN(C(=O)C2CC(N)C(O)C2)C1. The molecule has 0 bridgehead atoms. The van der Waals surface area contributed by atoms with Gasteiger partial charge in [0, 0.05) is 56.9 Å². The van der Waals surface area contributed by atoms with E-state index in [1.54, 1.807) is 7.11 Å². The Bertz CT molecular complexity index is 989. The zero-order valence-electron chi connectivity index (χ0n) is 21.5. The van der Waals surface area contributed by atoms with Gasteiger partial charge in [0.15, 0.2) is 0 Å². The molecule has 1 saturated carbocycles. The molecule has 36 heavy (non-hydrogen) atoms. The number of methoxy groups -OCH3 is 1. The maximum atomic E-state index is 13.3. The number of para-hydroxylation sites is 2. The summed E-state index contributed by atoms with van der Waals surface area (Å²) in [5.41, 5.74) is 8.05. The Balaban J connectivity index is 1.55. The van der Waals surface area contributed by atoms with Crippen molar-refractivity contribution in [2.24, 2.45) is 17.6 Å². The van der Waals surface area contributed by atoms with Gasteiger partial charge in [-0.25, -0.2) is 0 Å². The quantitative estimate of drug-likeness (QED) is 0.479. The van der Waals surface area contributed by atoms with Crippen LogP contribution in [0.15, 0.2) is 48.5 Å². The van der Waals surface area contributed by atoms with Crippen LogP contribution in [0.2, 0.25) is 0 Å². The van der Waals surface area contributed by atoms with Crippen molar-refractivity contribution in [2.45, 2.75) is 57.3 Å². The Morgan fingerprint density at radius 2 is 1.86 bits per heavy atom.